The molecular formula is C16H12F2N2O2. The molecular weight excluding hydrogens is 290 g/mol. The van der Waals surface area contributed by atoms with Crippen molar-refractivity contribution in [1.82, 2.24) is 9.97 Å². The first-order valence-electron chi connectivity index (χ1n) is 6.55. The number of nitrogens with zero attached hydrogens (tertiary/aromatic N) is 2. The van der Waals surface area contributed by atoms with E-state index in [0.29, 0.717) is 11.7 Å². The van der Waals surface area contributed by atoms with Gasteiger partial charge in [0.05, 0.1) is 11.8 Å². The third-order valence-corrected chi connectivity index (χ3v) is 3.14. The number of rotatable bonds is 4. The Morgan fingerprint density at radius 2 is 1.86 bits per heavy atom. The van der Waals surface area contributed by atoms with E-state index in [1.807, 2.05) is 13.0 Å². The molecule has 0 N–H and O–H groups in total. The van der Waals surface area contributed by atoms with Gasteiger partial charge in [0.2, 0.25) is 5.89 Å². The molecule has 0 spiro atoms. The minimum atomic E-state index is -2.84. The lowest BCUT2D eigenvalue weighted by Crippen LogP contribution is -2.01. The minimum Gasteiger partial charge on any atom is -0.436 e. The molecule has 0 saturated carbocycles. The molecule has 0 saturated heterocycles. The molecule has 0 fully saturated rings. The average Bonchev–Trinajstić information content (AvgIpc) is 2.97. The number of pyridine rings is 1. The molecule has 3 aromatic rings. The van der Waals surface area contributed by atoms with Crippen molar-refractivity contribution >= 4 is 0 Å². The van der Waals surface area contributed by atoms with E-state index in [0.717, 1.165) is 16.7 Å². The van der Waals surface area contributed by atoms with Crippen LogP contribution in [0.4, 0.5) is 8.78 Å². The van der Waals surface area contributed by atoms with Crippen LogP contribution in [0.3, 0.4) is 0 Å². The fraction of sp³-hybridized carbons (Fsp3) is 0.125. The molecule has 2 aromatic heterocycles. The second kappa shape index (κ2) is 5.93. The second-order valence-corrected chi connectivity index (χ2v) is 4.62. The van der Waals surface area contributed by atoms with E-state index >= 15 is 0 Å². The van der Waals surface area contributed by atoms with E-state index in [2.05, 4.69) is 14.7 Å². The summed E-state index contributed by atoms with van der Waals surface area (Å²) in [7, 11) is 0. The quantitative estimate of drug-likeness (QED) is 0.720. The Morgan fingerprint density at radius 1 is 1.09 bits per heavy atom. The molecule has 1 aromatic carbocycles. The molecule has 0 radical (unpaired) electrons. The third-order valence-electron chi connectivity index (χ3n) is 3.14. The highest BCUT2D eigenvalue weighted by atomic mass is 19.3. The molecule has 22 heavy (non-hydrogen) atoms. The SMILES string of the molecule is Cc1ccncc1-c1ncc(-c2ccc(OC(F)F)cc2)o1. The standard InChI is InChI=1S/C16H12F2N2O2/c1-10-6-7-19-8-13(10)15-20-9-14(22-15)11-2-4-12(5-3-11)21-16(17)18/h2-9,16H,1H3. The Bertz CT molecular complexity index is 770. The van der Waals surface area contributed by atoms with Gasteiger partial charge in [-0.05, 0) is 42.8 Å². The Hall–Kier alpha value is -2.76. The fourth-order valence-corrected chi connectivity index (χ4v) is 2.02. The Balaban J connectivity index is 1.86. The summed E-state index contributed by atoms with van der Waals surface area (Å²) < 4.78 is 34.3. The number of aromatic nitrogens is 2. The average molecular weight is 302 g/mol. The number of benzene rings is 1. The zero-order valence-electron chi connectivity index (χ0n) is 11.7. The van der Waals surface area contributed by atoms with Crippen LogP contribution in [0.2, 0.25) is 0 Å². The lowest BCUT2D eigenvalue weighted by atomic mass is 10.2. The summed E-state index contributed by atoms with van der Waals surface area (Å²) in [4.78, 5) is 8.29. The number of alkyl halides is 2. The number of halogens is 2. The fourth-order valence-electron chi connectivity index (χ4n) is 2.02. The van der Waals surface area contributed by atoms with Gasteiger partial charge < -0.3 is 9.15 Å². The smallest absolute Gasteiger partial charge is 0.387 e. The molecule has 0 amide bonds. The molecule has 0 aliphatic carbocycles. The van der Waals surface area contributed by atoms with Crippen LogP contribution in [0.15, 0.2) is 53.3 Å². The summed E-state index contributed by atoms with van der Waals surface area (Å²) >= 11 is 0. The number of aryl methyl sites for hydroxylation is 1. The predicted octanol–water partition coefficient (Wildman–Crippen LogP) is 4.31. The van der Waals surface area contributed by atoms with Crippen molar-refractivity contribution in [3.8, 4) is 28.5 Å². The van der Waals surface area contributed by atoms with Crippen molar-refractivity contribution < 1.29 is 17.9 Å². The van der Waals surface area contributed by atoms with Crippen LogP contribution < -0.4 is 4.74 Å². The molecule has 2 heterocycles. The highest BCUT2D eigenvalue weighted by Crippen LogP contribution is 2.28. The van der Waals surface area contributed by atoms with Crippen LogP contribution in [-0.4, -0.2) is 16.6 Å². The lowest BCUT2D eigenvalue weighted by molar-refractivity contribution is -0.0498. The number of hydrogen-bond donors (Lipinski definition) is 0. The van der Waals surface area contributed by atoms with E-state index < -0.39 is 6.61 Å². The van der Waals surface area contributed by atoms with Crippen LogP contribution in [0, 0.1) is 6.92 Å². The molecule has 0 atom stereocenters. The van der Waals surface area contributed by atoms with Crippen molar-refractivity contribution in [2.24, 2.45) is 0 Å². The van der Waals surface area contributed by atoms with Gasteiger partial charge in [0.15, 0.2) is 5.76 Å². The molecule has 6 heteroatoms. The van der Waals surface area contributed by atoms with Gasteiger partial charge >= 0.3 is 6.61 Å². The maximum atomic E-state index is 12.1. The van der Waals surface area contributed by atoms with Crippen LogP contribution in [0.25, 0.3) is 22.8 Å². The van der Waals surface area contributed by atoms with Crippen molar-refractivity contribution in [2.75, 3.05) is 0 Å². The van der Waals surface area contributed by atoms with E-state index in [1.54, 1.807) is 30.7 Å². The van der Waals surface area contributed by atoms with Crippen LogP contribution in [0.1, 0.15) is 5.56 Å². The summed E-state index contributed by atoms with van der Waals surface area (Å²) in [6.45, 7) is -0.895. The Labute approximate surface area is 125 Å². The zero-order valence-corrected chi connectivity index (χ0v) is 11.7. The first kappa shape index (κ1) is 14.2. The Kier molecular flexibility index (Phi) is 3.82. The van der Waals surface area contributed by atoms with Crippen LogP contribution in [-0.2, 0) is 0 Å². The molecule has 0 aliphatic heterocycles. The molecule has 4 nitrogen and oxygen atoms in total. The van der Waals surface area contributed by atoms with Crippen LogP contribution in [0.5, 0.6) is 5.75 Å². The van der Waals surface area contributed by atoms with Gasteiger partial charge in [0.25, 0.3) is 0 Å². The third kappa shape index (κ3) is 2.95. The maximum absolute atomic E-state index is 12.1. The van der Waals surface area contributed by atoms with Gasteiger partial charge in [-0.15, -0.1) is 0 Å². The summed E-state index contributed by atoms with van der Waals surface area (Å²) in [6, 6.07) is 8.06. The molecule has 0 aliphatic rings. The number of ether oxygens (including phenoxy) is 1. The Morgan fingerprint density at radius 3 is 2.55 bits per heavy atom. The van der Waals surface area contributed by atoms with Crippen molar-refractivity contribution in [3.05, 3.63) is 54.5 Å². The number of oxazole rings is 1. The van der Waals surface area contributed by atoms with Crippen LogP contribution >= 0.6 is 0 Å². The first-order valence-corrected chi connectivity index (χ1v) is 6.55. The summed E-state index contributed by atoms with van der Waals surface area (Å²) in [5, 5.41) is 0. The largest absolute Gasteiger partial charge is 0.436 e. The van der Waals surface area contributed by atoms with Crippen molar-refractivity contribution in [3.63, 3.8) is 0 Å². The molecule has 112 valence electrons. The van der Waals surface area contributed by atoms with Crippen molar-refractivity contribution in [1.29, 1.82) is 0 Å². The molecule has 3 rings (SSSR count). The summed E-state index contributed by atoms with van der Waals surface area (Å²) in [6.07, 6.45) is 4.97. The summed E-state index contributed by atoms with van der Waals surface area (Å²) in [5.74, 6) is 1.11. The van der Waals surface area contributed by atoms with Crippen molar-refractivity contribution in [2.45, 2.75) is 13.5 Å². The van der Waals surface area contributed by atoms with E-state index in [1.165, 1.54) is 12.1 Å². The normalized spacial score (nSPS) is 10.9. The predicted molar refractivity (Wildman–Crippen MR) is 76.5 cm³/mol. The van der Waals surface area contributed by atoms with E-state index in [-0.39, 0.29) is 5.75 Å². The van der Waals surface area contributed by atoms with E-state index in [9.17, 15) is 8.78 Å². The number of hydrogen-bond acceptors (Lipinski definition) is 4. The topological polar surface area (TPSA) is 48.2 Å². The van der Waals surface area contributed by atoms with E-state index in [4.69, 9.17) is 4.42 Å². The van der Waals surface area contributed by atoms with Gasteiger partial charge in [-0.2, -0.15) is 8.78 Å². The monoisotopic (exact) mass is 302 g/mol. The highest BCUT2D eigenvalue weighted by Gasteiger charge is 2.11. The zero-order chi connectivity index (χ0) is 15.5. The highest BCUT2D eigenvalue weighted by molar-refractivity contribution is 5.62. The first-order chi connectivity index (χ1) is 10.6. The van der Waals surface area contributed by atoms with Gasteiger partial charge in [-0.25, -0.2) is 4.98 Å². The lowest BCUT2D eigenvalue weighted by Gasteiger charge is -2.04. The summed E-state index contributed by atoms with van der Waals surface area (Å²) in [5.41, 5.74) is 2.54. The molecule has 0 unspecified atom stereocenters. The second-order valence-electron chi connectivity index (χ2n) is 4.62. The maximum Gasteiger partial charge on any atom is 0.387 e. The minimum absolute atomic E-state index is 0.0987. The van der Waals surface area contributed by atoms with Gasteiger partial charge in [-0.1, -0.05) is 0 Å². The van der Waals surface area contributed by atoms with Gasteiger partial charge in [0.1, 0.15) is 5.75 Å². The van der Waals surface area contributed by atoms with Gasteiger partial charge in [-0.3, -0.25) is 4.98 Å². The van der Waals surface area contributed by atoms with Gasteiger partial charge in [0, 0.05) is 18.0 Å². The molecule has 0 bridgehead atoms.